The summed E-state index contributed by atoms with van der Waals surface area (Å²) in [4.78, 5) is 5.11. The van der Waals surface area contributed by atoms with E-state index >= 15 is 0 Å². The molecule has 0 aliphatic carbocycles. The number of nitrogens with zero attached hydrogens (tertiary/aromatic N) is 2. The first kappa shape index (κ1) is 45.9. The molecule has 5 aromatic rings. The Morgan fingerprint density at radius 3 is 1.02 bits per heavy atom. The van der Waals surface area contributed by atoms with Crippen LogP contribution in [0.2, 0.25) is 0 Å². The first-order chi connectivity index (χ1) is 29.9. The monoisotopic (exact) mass is 869 g/mol. The SMILES string of the molecule is Cc1cc(B2OC(C)(C)C(C)(C)O2)ccc1N1c2ccc(C(C)(C)C)cc2B2c3cc(C(C)(C)C)ccc3N(c3ccc(B4OC(C)(C)C(C)(C)O4)cc3C)c3cc(C(C)(C)C)cc1c32. The van der Waals surface area contributed by atoms with Gasteiger partial charge in [-0.1, -0.05) is 111 Å². The van der Waals surface area contributed by atoms with Gasteiger partial charge in [-0.05, 0) is 177 Å². The van der Waals surface area contributed by atoms with Crippen molar-refractivity contribution in [3.63, 3.8) is 0 Å². The molecule has 0 N–H and O–H groups in total. The van der Waals surface area contributed by atoms with Crippen molar-refractivity contribution in [3.05, 3.63) is 113 Å². The van der Waals surface area contributed by atoms with E-state index in [9.17, 15) is 0 Å². The Morgan fingerprint density at radius 2 is 0.708 bits per heavy atom. The average molecular weight is 869 g/mol. The predicted molar refractivity (Wildman–Crippen MR) is 277 cm³/mol. The Balaban J connectivity index is 1.31. The highest BCUT2D eigenvalue weighted by Gasteiger charge is 2.53. The second-order valence-electron chi connectivity index (χ2n) is 24.6. The van der Waals surface area contributed by atoms with Crippen molar-refractivity contribution in [2.45, 2.75) is 170 Å². The molecule has 0 atom stereocenters. The molecular formula is C56H71B3N2O4. The van der Waals surface area contributed by atoms with E-state index in [1.165, 1.54) is 55.8 Å². The second kappa shape index (κ2) is 14.6. The lowest BCUT2D eigenvalue weighted by atomic mass is 9.33. The summed E-state index contributed by atoms with van der Waals surface area (Å²) in [6.45, 7) is 42.4. The fraction of sp³-hybridized carbons (Fsp3) is 0.464. The van der Waals surface area contributed by atoms with E-state index in [1.54, 1.807) is 0 Å². The van der Waals surface area contributed by atoms with Gasteiger partial charge in [0.1, 0.15) is 0 Å². The van der Waals surface area contributed by atoms with Crippen LogP contribution in [0.25, 0.3) is 0 Å². The molecule has 0 spiro atoms. The first-order valence-corrected chi connectivity index (χ1v) is 23.9. The summed E-state index contributed by atoms with van der Waals surface area (Å²) in [5.41, 5.74) is 17.5. The molecule has 0 unspecified atom stereocenters. The van der Waals surface area contributed by atoms with E-state index in [0.29, 0.717) is 0 Å². The maximum atomic E-state index is 6.58. The van der Waals surface area contributed by atoms with Gasteiger partial charge in [-0.3, -0.25) is 0 Å². The smallest absolute Gasteiger partial charge is 0.399 e. The molecule has 9 rings (SSSR count). The average Bonchev–Trinajstić information content (AvgIpc) is 3.55. The third kappa shape index (κ3) is 7.43. The van der Waals surface area contributed by atoms with Gasteiger partial charge >= 0.3 is 14.2 Å². The number of hydrogen-bond donors (Lipinski definition) is 0. The van der Waals surface area contributed by atoms with E-state index in [4.69, 9.17) is 18.6 Å². The number of rotatable bonds is 4. The Labute approximate surface area is 392 Å². The summed E-state index contributed by atoms with van der Waals surface area (Å²) in [6.07, 6.45) is 0. The van der Waals surface area contributed by atoms with Gasteiger partial charge in [0.25, 0.3) is 6.71 Å². The van der Waals surface area contributed by atoms with Crippen molar-refractivity contribution in [2.75, 3.05) is 9.80 Å². The number of aryl methyl sites for hydroxylation is 2. The van der Waals surface area contributed by atoms with Gasteiger partial charge < -0.3 is 28.4 Å². The summed E-state index contributed by atoms with van der Waals surface area (Å²) in [5, 5.41) is 0. The molecule has 4 aliphatic rings. The topological polar surface area (TPSA) is 43.4 Å². The largest absolute Gasteiger partial charge is 0.494 e. The fourth-order valence-electron chi connectivity index (χ4n) is 10.0. The summed E-state index contributed by atoms with van der Waals surface area (Å²) in [6, 6.07) is 33.0. The van der Waals surface area contributed by atoms with Gasteiger partial charge in [0.15, 0.2) is 0 Å². The van der Waals surface area contributed by atoms with Gasteiger partial charge in [0, 0.05) is 34.1 Å². The van der Waals surface area contributed by atoms with Gasteiger partial charge in [-0.25, -0.2) is 0 Å². The van der Waals surface area contributed by atoms with E-state index in [2.05, 4.69) is 226 Å². The van der Waals surface area contributed by atoms with Crippen LogP contribution in [0, 0.1) is 13.8 Å². The van der Waals surface area contributed by atoms with Crippen LogP contribution in [0.1, 0.15) is 146 Å². The van der Waals surface area contributed by atoms with Crippen molar-refractivity contribution in [1.29, 1.82) is 0 Å². The van der Waals surface area contributed by atoms with E-state index in [1.807, 2.05) is 0 Å². The van der Waals surface area contributed by atoms with Gasteiger partial charge in [-0.15, -0.1) is 0 Å². The zero-order chi connectivity index (χ0) is 47.4. The molecule has 0 amide bonds. The van der Waals surface area contributed by atoms with Crippen LogP contribution < -0.4 is 37.1 Å². The maximum absolute atomic E-state index is 6.58. The summed E-state index contributed by atoms with van der Waals surface area (Å²) in [7, 11) is -0.892. The van der Waals surface area contributed by atoms with Crippen molar-refractivity contribution in [2.24, 2.45) is 0 Å². The molecule has 5 aromatic carbocycles. The Morgan fingerprint density at radius 1 is 0.385 bits per heavy atom. The standard InChI is InChI=1S/C56H71B3N2O4/c1-34-28-39(58-62-53(12,13)54(14,15)63-58)22-26-43(34)60-45-24-20-36(50(3,4)5)30-41(45)57-42-31-37(51(6,7)8)21-25-46(42)61(48-33-38(52(9,10)11)32-47(60)49(48)57)44-27-23-40(29-35(44)2)59-64-55(16,17)56(18,19)65-59/h20-33H,1-19H3. The van der Waals surface area contributed by atoms with Crippen LogP contribution in [-0.4, -0.2) is 43.4 Å². The lowest BCUT2D eigenvalue weighted by molar-refractivity contribution is 0.00578. The molecule has 2 fully saturated rings. The van der Waals surface area contributed by atoms with Crippen LogP contribution in [0.5, 0.6) is 0 Å². The first-order valence-electron chi connectivity index (χ1n) is 23.9. The highest BCUT2D eigenvalue weighted by Crippen LogP contribution is 2.48. The molecule has 0 radical (unpaired) electrons. The highest BCUT2D eigenvalue weighted by molar-refractivity contribution is 7.00. The number of benzene rings is 5. The lowest BCUT2D eigenvalue weighted by Crippen LogP contribution is -2.62. The molecule has 65 heavy (non-hydrogen) atoms. The highest BCUT2D eigenvalue weighted by atomic mass is 16.7. The van der Waals surface area contributed by atoms with Gasteiger partial charge in [0.2, 0.25) is 0 Å². The second-order valence-corrected chi connectivity index (χ2v) is 24.6. The molecule has 6 nitrogen and oxygen atoms in total. The van der Waals surface area contributed by atoms with Crippen LogP contribution >= 0.6 is 0 Å². The molecule has 4 heterocycles. The lowest BCUT2D eigenvalue weighted by Gasteiger charge is -2.46. The van der Waals surface area contributed by atoms with Crippen LogP contribution in [-0.2, 0) is 34.9 Å². The molecule has 0 saturated carbocycles. The van der Waals surface area contributed by atoms with E-state index in [0.717, 1.165) is 33.4 Å². The van der Waals surface area contributed by atoms with E-state index < -0.39 is 36.6 Å². The van der Waals surface area contributed by atoms with E-state index in [-0.39, 0.29) is 23.0 Å². The number of fused-ring (bicyclic) bond motifs is 4. The predicted octanol–water partition coefficient (Wildman–Crippen LogP) is 10.9. The van der Waals surface area contributed by atoms with Gasteiger partial charge in [0.05, 0.1) is 22.4 Å². The van der Waals surface area contributed by atoms with Crippen molar-refractivity contribution in [3.8, 4) is 0 Å². The van der Waals surface area contributed by atoms with Crippen molar-refractivity contribution >= 4 is 82.4 Å². The quantitative estimate of drug-likeness (QED) is 0.164. The Bertz CT molecular complexity index is 2540. The van der Waals surface area contributed by atoms with Crippen LogP contribution in [0.4, 0.5) is 34.1 Å². The summed E-state index contributed by atoms with van der Waals surface area (Å²) in [5.74, 6) is 0. The maximum Gasteiger partial charge on any atom is 0.494 e. The number of anilines is 6. The van der Waals surface area contributed by atoms with Gasteiger partial charge in [-0.2, -0.15) is 0 Å². The molecule has 338 valence electrons. The minimum Gasteiger partial charge on any atom is -0.399 e. The summed E-state index contributed by atoms with van der Waals surface area (Å²) >= 11 is 0. The third-order valence-electron chi connectivity index (χ3n) is 15.6. The minimum absolute atomic E-state index is 0.00946. The molecule has 9 heteroatoms. The molecule has 0 aromatic heterocycles. The normalized spacial score (nSPS) is 19.4. The van der Waals surface area contributed by atoms with Crippen LogP contribution in [0.15, 0.2) is 84.9 Å². The Hall–Kier alpha value is -4.27. The minimum atomic E-state index is -0.446. The zero-order valence-electron chi connectivity index (χ0n) is 42.8. The number of hydrogen-bond acceptors (Lipinski definition) is 6. The molecule has 0 bridgehead atoms. The molecular weight excluding hydrogens is 797 g/mol. The fourth-order valence-corrected chi connectivity index (χ4v) is 10.0. The zero-order valence-corrected chi connectivity index (χ0v) is 42.8. The summed E-state index contributed by atoms with van der Waals surface area (Å²) < 4.78 is 26.3. The van der Waals surface area contributed by atoms with Crippen LogP contribution in [0.3, 0.4) is 0 Å². The third-order valence-corrected chi connectivity index (χ3v) is 15.6. The van der Waals surface area contributed by atoms with Crippen molar-refractivity contribution < 1.29 is 18.6 Å². The molecule has 4 aliphatic heterocycles. The Kier molecular flexibility index (Phi) is 10.3. The van der Waals surface area contributed by atoms with Crippen molar-refractivity contribution in [1.82, 2.24) is 0 Å². The molecule has 2 saturated heterocycles.